The summed E-state index contributed by atoms with van der Waals surface area (Å²) >= 11 is 0. The van der Waals surface area contributed by atoms with Crippen LogP contribution >= 0.6 is 0 Å². The fraction of sp³-hybridized carbons (Fsp3) is 0.381. The molecule has 0 aromatic heterocycles. The largest absolute Gasteiger partial charge is 0.480 e. The lowest BCUT2D eigenvalue weighted by Gasteiger charge is -2.51. The minimum atomic E-state index is -0.663. The van der Waals surface area contributed by atoms with Gasteiger partial charge in [0.1, 0.15) is 6.04 Å². The van der Waals surface area contributed by atoms with E-state index in [0.717, 1.165) is 25.8 Å². The van der Waals surface area contributed by atoms with Crippen LogP contribution in [-0.2, 0) is 4.79 Å². The predicted octanol–water partition coefficient (Wildman–Crippen LogP) is 3.76. The minimum absolute atomic E-state index is 0.234. The molecule has 0 saturated carbocycles. The van der Waals surface area contributed by atoms with Crippen molar-refractivity contribution in [2.45, 2.75) is 37.3 Å². The maximum Gasteiger partial charge on any atom is 0.320 e. The number of aliphatic carboxylic acids is 1. The van der Waals surface area contributed by atoms with E-state index < -0.39 is 5.97 Å². The van der Waals surface area contributed by atoms with Crippen LogP contribution < -0.4 is 0 Å². The minimum Gasteiger partial charge on any atom is -0.480 e. The zero-order valence-electron chi connectivity index (χ0n) is 13.7. The number of carbonyl (C=O) groups is 1. The molecule has 3 heteroatoms. The van der Waals surface area contributed by atoms with Crippen molar-refractivity contribution in [2.24, 2.45) is 5.92 Å². The molecule has 3 saturated heterocycles. The van der Waals surface area contributed by atoms with Crippen molar-refractivity contribution < 1.29 is 9.90 Å². The Kier molecular flexibility index (Phi) is 4.11. The fourth-order valence-electron chi connectivity index (χ4n) is 4.67. The van der Waals surface area contributed by atoms with E-state index in [4.69, 9.17) is 0 Å². The highest BCUT2D eigenvalue weighted by molar-refractivity contribution is 5.74. The van der Waals surface area contributed by atoms with Crippen molar-refractivity contribution in [3.8, 4) is 0 Å². The van der Waals surface area contributed by atoms with E-state index in [1.54, 1.807) is 0 Å². The number of carboxylic acids is 1. The summed E-state index contributed by atoms with van der Waals surface area (Å²) in [6.07, 6.45) is 3.04. The molecule has 3 fully saturated rings. The maximum atomic E-state index is 11.7. The monoisotopic (exact) mass is 321 g/mol. The van der Waals surface area contributed by atoms with E-state index in [1.165, 1.54) is 11.1 Å². The van der Waals surface area contributed by atoms with Gasteiger partial charge in [0.15, 0.2) is 0 Å². The van der Waals surface area contributed by atoms with Crippen molar-refractivity contribution in [1.82, 2.24) is 4.90 Å². The van der Waals surface area contributed by atoms with E-state index in [9.17, 15) is 9.90 Å². The fourth-order valence-corrected chi connectivity index (χ4v) is 4.67. The first-order chi connectivity index (χ1) is 11.7. The van der Waals surface area contributed by atoms with E-state index >= 15 is 0 Å². The Morgan fingerprint density at radius 1 is 0.958 bits per heavy atom. The molecule has 124 valence electrons. The number of benzene rings is 2. The Balaban J connectivity index is 1.75. The number of nitrogens with zero attached hydrogens (tertiary/aromatic N) is 1. The van der Waals surface area contributed by atoms with Crippen molar-refractivity contribution in [3.05, 3.63) is 71.8 Å². The number of fused-ring (bicyclic) bond motifs is 3. The van der Waals surface area contributed by atoms with Gasteiger partial charge in [0.25, 0.3) is 0 Å². The molecule has 2 bridgehead atoms. The van der Waals surface area contributed by atoms with Gasteiger partial charge in [-0.1, -0.05) is 60.7 Å². The van der Waals surface area contributed by atoms with Crippen LogP contribution in [0.25, 0.3) is 0 Å². The molecule has 2 aromatic rings. The Bertz CT molecular complexity index is 661. The topological polar surface area (TPSA) is 40.5 Å². The summed E-state index contributed by atoms with van der Waals surface area (Å²) in [5.74, 6) is 0.109. The third-order valence-electron chi connectivity index (χ3n) is 5.74. The lowest BCUT2D eigenvalue weighted by molar-refractivity contribution is -0.150. The molecular weight excluding hydrogens is 298 g/mol. The summed E-state index contributed by atoms with van der Waals surface area (Å²) in [5, 5.41) is 9.66. The molecule has 0 radical (unpaired) electrons. The SMILES string of the molecule is O=C(O)C1CC2CCN1C(C(c1ccccc1)c1ccccc1)C2. The molecule has 2 aromatic carbocycles. The van der Waals surface area contributed by atoms with E-state index in [1.807, 2.05) is 12.1 Å². The molecule has 0 spiro atoms. The van der Waals surface area contributed by atoms with Crippen LogP contribution in [0, 0.1) is 5.92 Å². The molecule has 3 aliphatic rings. The summed E-state index contributed by atoms with van der Waals surface area (Å²) in [4.78, 5) is 14.0. The number of rotatable bonds is 4. The van der Waals surface area contributed by atoms with Crippen LogP contribution in [0.2, 0.25) is 0 Å². The van der Waals surface area contributed by atoms with Crippen LogP contribution in [0.1, 0.15) is 36.3 Å². The molecular formula is C21H23NO2. The van der Waals surface area contributed by atoms with Crippen LogP contribution in [0.15, 0.2) is 60.7 Å². The molecule has 1 N–H and O–H groups in total. The van der Waals surface area contributed by atoms with Crippen LogP contribution in [0.4, 0.5) is 0 Å². The summed E-state index contributed by atoms with van der Waals surface area (Å²) < 4.78 is 0. The standard InChI is InChI=1S/C21H23NO2/c23-21(24)19-14-15-11-12-22(19)18(13-15)20(16-7-3-1-4-8-16)17-9-5-2-6-10-17/h1-10,15,18-20H,11-14H2,(H,23,24). The Labute approximate surface area is 142 Å². The Hall–Kier alpha value is -2.13. The smallest absolute Gasteiger partial charge is 0.320 e. The van der Waals surface area contributed by atoms with Gasteiger partial charge in [0, 0.05) is 12.0 Å². The first kappa shape index (κ1) is 15.4. The van der Waals surface area contributed by atoms with Crippen molar-refractivity contribution in [1.29, 1.82) is 0 Å². The first-order valence-electron chi connectivity index (χ1n) is 8.82. The summed E-state index contributed by atoms with van der Waals surface area (Å²) in [7, 11) is 0. The molecule has 24 heavy (non-hydrogen) atoms. The Morgan fingerprint density at radius 3 is 2.04 bits per heavy atom. The van der Waals surface area contributed by atoms with Crippen LogP contribution in [0.5, 0.6) is 0 Å². The molecule has 3 heterocycles. The summed E-state index contributed by atoms with van der Waals surface area (Å²) in [6.45, 7) is 0.905. The van der Waals surface area contributed by atoms with E-state index in [0.29, 0.717) is 5.92 Å². The lowest BCUT2D eigenvalue weighted by atomic mass is 9.71. The maximum absolute atomic E-state index is 11.7. The van der Waals surface area contributed by atoms with Crippen LogP contribution in [-0.4, -0.2) is 34.6 Å². The molecule has 0 aliphatic carbocycles. The molecule has 3 nitrogen and oxygen atoms in total. The summed E-state index contributed by atoms with van der Waals surface area (Å²) in [5.41, 5.74) is 2.57. The van der Waals surface area contributed by atoms with Crippen molar-refractivity contribution in [3.63, 3.8) is 0 Å². The second-order valence-electron chi connectivity index (χ2n) is 7.08. The second-order valence-corrected chi connectivity index (χ2v) is 7.08. The molecule has 4 atom stereocenters. The van der Waals surface area contributed by atoms with Gasteiger partial charge in [-0.05, 0) is 42.9 Å². The van der Waals surface area contributed by atoms with Gasteiger partial charge >= 0.3 is 5.97 Å². The zero-order chi connectivity index (χ0) is 16.5. The van der Waals surface area contributed by atoms with Crippen molar-refractivity contribution >= 4 is 5.97 Å². The number of hydrogen-bond acceptors (Lipinski definition) is 2. The predicted molar refractivity (Wildman–Crippen MR) is 94.0 cm³/mol. The average molecular weight is 321 g/mol. The number of carboxylic acid groups (broad SMARTS) is 1. The zero-order valence-corrected chi connectivity index (χ0v) is 13.7. The van der Waals surface area contributed by atoms with E-state index in [-0.39, 0.29) is 18.0 Å². The average Bonchev–Trinajstić information content (AvgIpc) is 2.64. The normalized spacial score (nSPS) is 28.9. The third-order valence-corrected chi connectivity index (χ3v) is 5.74. The first-order valence-corrected chi connectivity index (χ1v) is 8.82. The number of piperidine rings is 3. The van der Waals surface area contributed by atoms with Crippen LogP contribution in [0.3, 0.4) is 0 Å². The highest BCUT2D eigenvalue weighted by atomic mass is 16.4. The van der Waals surface area contributed by atoms with E-state index in [2.05, 4.69) is 53.4 Å². The quantitative estimate of drug-likeness (QED) is 0.932. The number of hydrogen-bond donors (Lipinski definition) is 1. The van der Waals surface area contributed by atoms with Gasteiger partial charge in [-0.25, -0.2) is 0 Å². The van der Waals surface area contributed by atoms with Gasteiger partial charge in [0.2, 0.25) is 0 Å². The highest BCUT2D eigenvalue weighted by Crippen LogP contribution is 2.44. The van der Waals surface area contributed by atoms with Crippen molar-refractivity contribution in [2.75, 3.05) is 6.54 Å². The molecule has 3 aliphatic heterocycles. The molecule has 4 unspecified atom stereocenters. The Morgan fingerprint density at radius 2 is 1.54 bits per heavy atom. The highest BCUT2D eigenvalue weighted by Gasteiger charge is 2.46. The third kappa shape index (κ3) is 2.73. The van der Waals surface area contributed by atoms with Gasteiger partial charge in [0.05, 0.1) is 0 Å². The molecule has 0 amide bonds. The van der Waals surface area contributed by atoms with Gasteiger partial charge in [-0.3, -0.25) is 9.69 Å². The summed E-state index contributed by atoms with van der Waals surface area (Å²) in [6, 6.07) is 21.1. The lowest BCUT2D eigenvalue weighted by Crippen LogP contribution is -2.59. The van der Waals surface area contributed by atoms with Gasteiger partial charge < -0.3 is 5.11 Å². The molecule has 5 rings (SSSR count). The van der Waals surface area contributed by atoms with Gasteiger partial charge in [-0.15, -0.1) is 0 Å². The van der Waals surface area contributed by atoms with Gasteiger partial charge in [-0.2, -0.15) is 0 Å². The second kappa shape index (κ2) is 6.40.